The van der Waals surface area contributed by atoms with E-state index in [1.54, 1.807) is 17.3 Å². The highest BCUT2D eigenvalue weighted by Gasteiger charge is 2.29. The fraction of sp³-hybridized carbons (Fsp3) is 0.500. The second-order valence-electron chi connectivity index (χ2n) is 11.1. The molecule has 2 aliphatic rings. The molecule has 4 heterocycles. The van der Waals surface area contributed by atoms with Crippen LogP contribution in [0.4, 0.5) is 15.0 Å². The minimum atomic E-state index is -0.565. The maximum Gasteiger partial charge on any atom is 0.410 e. The van der Waals surface area contributed by atoms with Gasteiger partial charge in [-0.25, -0.2) is 9.18 Å². The predicted octanol–water partition coefficient (Wildman–Crippen LogP) is 5.12. The molecule has 0 radical (unpaired) electrons. The van der Waals surface area contributed by atoms with Crippen molar-refractivity contribution in [2.45, 2.75) is 45.3 Å². The molecule has 0 bridgehead atoms. The number of hydrogen-bond donors (Lipinski definition) is 0. The number of likely N-dealkylation sites (N-methyl/N-ethyl adjacent to an activating group) is 1. The van der Waals surface area contributed by atoms with Crippen LogP contribution in [0, 0.1) is 5.82 Å². The summed E-state index contributed by atoms with van der Waals surface area (Å²) in [6.07, 6.45) is 5.20. The maximum absolute atomic E-state index is 15.9. The third-order valence-electron chi connectivity index (χ3n) is 7.11. The monoisotopic (exact) mass is 600 g/mol. The lowest BCUT2D eigenvalue weighted by Gasteiger charge is -2.36. The van der Waals surface area contributed by atoms with Gasteiger partial charge in [0.05, 0.1) is 4.47 Å². The van der Waals surface area contributed by atoms with Crippen LogP contribution >= 0.6 is 15.9 Å². The minimum Gasteiger partial charge on any atom is -0.462 e. The Morgan fingerprint density at radius 3 is 2.59 bits per heavy atom. The first-order valence-corrected chi connectivity index (χ1v) is 14.1. The van der Waals surface area contributed by atoms with E-state index in [0.29, 0.717) is 54.0 Å². The van der Waals surface area contributed by atoms with E-state index in [9.17, 15) is 4.79 Å². The number of rotatable bonds is 5. The predicted molar refractivity (Wildman–Crippen MR) is 152 cm³/mol. The van der Waals surface area contributed by atoms with Gasteiger partial charge in [-0.15, -0.1) is 0 Å². The van der Waals surface area contributed by atoms with Gasteiger partial charge < -0.3 is 24.2 Å². The van der Waals surface area contributed by atoms with Gasteiger partial charge in [-0.05, 0) is 75.3 Å². The fourth-order valence-electron chi connectivity index (χ4n) is 4.99. The van der Waals surface area contributed by atoms with Crippen LogP contribution in [0.25, 0.3) is 22.0 Å². The number of pyridine rings is 1. The number of benzene rings is 1. The molecule has 9 nitrogen and oxygen atoms in total. The van der Waals surface area contributed by atoms with E-state index in [4.69, 9.17) is 14.5 Å². The Kier molecular flexibility index (Phi) is 7.91. The molecule has 1 amide bonds. The first-order chi connectivity index (χ1) is 18.6. The number of piperazine rings is 1. The number of hydrogen-bond acceptors (Lipinski definition) is 8. The van der Waals surface area contributed by atoms with Crippen molar-refractivity contribution in [1.82, 2.24) is 24.8 Å². The number of nitrogens with zero attached hydrogens (tertiary/aromatic N) is 6. The van der Waals surface area contributed by atoms with Crippen LogP contribution in [0.15, 0.2) is 35.1 Å². The lowest BCUT2D eigenvalue weighted by Crippen LogP contribution is -2.50. The average molecular weight is 602 g/mol. The van der Waals surface area contributed by atoms with Gasteiger partial charge in [-0.1, -0.05) is 6.07 Å². The molecule has 208 valence electrons. The second kappa shape index (κ2) is 11.2. The molecule has 0 saturated carbocycles. The summed E-state index contributed by atoms with van der Waals surface area (Å²) in [5, 5.41) is 0.575. The number of anilines is 1. The summed E-state index contributed by atoms with van der Waals surface area (Å²) in [6, 6.07) is 6.01. The SMILES string of the molecule is CN1CCC[C@H]1COc1nc(N2CCN(C(=O)OC(C)(C)C)CC2)c2cc(-c3cccnc3)c(Br)c(F)c2n1. The van der Waals surface area contributed by atoms with E-state index in [1.807, 2.05) is 39.0 Å². The highest BCUT2D eigenvalue weighted by molar-refractivity contribution is 9.10. The summed E-state index contributed by atoms with van der Waals surface area (Å²) >= 11 is 3.45. The van der Waals surface area contributed by atoms with Gasteiger partial charge in [0.1, 0.15) is 23.5 Å². The molecule has 0 unspecified atom stereocenters. The van der Waals surface area contributed by atoms with Gasteiger partial charge in [0.15, 0.2) is 5.82 Å². The number of carbonyl (C=O) groups is 1. The molecule has 2 fully saturated rings. The number of fused-ring (bicyclic) bond motifs is 1. The Hall–Kier alpha value is -3.05. The molecule has 1 aromatic carbocycles. The highest BCUT2D eigenvalue weighted by atomic mass is 79.9. The molecule has 0 spiro atoms. The fourth-order valence-corrected chi connectivity index (χ4v) is 5.52. The molecule has 2 saturated heterocycles. The Morgan fingerprint density at radius 1 is 1.18 bits per heavy atom. The largest absolute Gasteiger partial charge is 0.462 e. The summed E-state index contributed by atoms with van der Waals surface area (Å²) in [5.41, 5.74) is 1.05. The Morgan fingerprint density at radius 2 is 1.95 bits per heavy atom. The van der Waals surface area contributed by atoms with Crippen molar-refractivity contribution in [2.24, 2.45) is 0 Å². The van der Waals surface area contributed by atoms with E-state index in [1.165, 1.54) is 0 Å². The second-order valence-corrected chi connectivity index (χ2v) is 11.9. The number of carbonyl (C=O) groups excluding carboxylic acids is 1. The number of aromatic nitrogens is 3. The van der Waals surface area contributed by atoms with Crippen molar-refractivity contribution in [3.63, 3.8) is 0 Å². The van der Waals surface area contributed by atoms with Crippen LogP contribution < -0.4 is 9.64 Å². The van der Waals surface area contributed by atoms with Crippen LogP contribution in [0.5, 0.6) is 6.01 Å². The summed E-state index contributed by atoms with van der Waals surface area (Å²) in [5.74, 6) is 0.0976. The molecule has 2 aromatic heterocycles. The highest BCUT2D eigenvalue weighted by Crippen LogP contribution is 2.38. The lowest BCUT2D eigenvalue weighted by atomic mass is 10.0. The summed E-state index contributed by atoms with van der Waals surface area (Å²) in [6.45, 7) is 8.95. The van der Waals surface area contributed by atoms with Crippen molar-refractivity contribution >= 4 is 38.7 Å². The van der Waals surface area contributed by atoms with E-state index < -0.39 is 11.4 Å². The Balaban J connectivity index is 1.50. The smallest absolute Gasteiger partial charge is 0.410 e. The molecule has 2 aliphatic heterocycles. The van der Waals surface area contributed by atoms with E-state index in [-0.39, 0.29) is 23.7 Å². The Bertz CT molecular complexity index is 1340. The summed E-state index contributed by atoms with van der Waals surface area (Å²) in [7, 11) is 2.08. The normalized spacial score (nSPS) is 18.6. The summed E-state index contributed by atoms with van der Waals surface area (Å²) in [4.78, 5) is 32.1. The number of likely N-dealkylation sites (tertiary alicyclic amines) is 1. The van der Waals surface area contributed by atoms with Gasteiger partial charge in [-0.2, -0.15) is 9.97 Å². The lowest BCUT2D eigenvalue weighted by molar-refractivity contribution is 0.0240. The van der Waals surface area contributed by atoms with Crippen molar-refractivity contribution in [3.05, 3.63) is 40.9 Å². The van der Waals surface area contributed by atoms with Crippen molar-refractivity contribution in [2.75, 3.05) is 51.3 Å². The van der Waals surface area contributed by atoms with Gasteiger partial charge in [0, 0.05) is 61.1 Å². The summed E-state index contributed by atoms with van der Waals surface area (Å²) < 4.78 is 27.8. The first-order valence-electron chi connectivity index (χ1n) is 13.3. The van der Waals surface area contributed by atoms with Gasteiger partial charge >= 0.3 is 12.1 Å². The molecule has 0 N–H and O–H groups in total. The van der Waals surface area contributed by atoms with Crippen LogP contribution in [0.2, 0.25) is 0 Å². The van der Waals surface area contributed by atoms with Crippen LogP contribution in [-0.4, -0.2) is 88.9 Å². The van der Waals surface area contributed by atoms with E-state index >= 15 is 4.39 Å². The number of amides is 1. The topological polar surface area (TPSA) is 83.9 Å². The zero-order valence-corrected chi connectivity index (χ0v) is 24.4. The van der Waals surface area contributed by atoms with Crippen molar-refractivity contribution in [3.8, 4) is 17.1 Å². The van der Waals surface area contributed by atoms with Crippen LogP contribution in [0.3, 0.4) is 0 Å². The first kappa shape index (κ1) is 27.5. The molecular weight excluding hydrogens is 567 g/mol. The number of halogens is 2. The Labute approximate surface area is 236 Å². The van der Waals surface area contributed by atoms with Gasteiger partial charge in [-0.3, -0.25) is 4.98 Å². The van der Waals surface area contributed by atoms with Gasteiger partial charge in [0.25, 0.3) is 0 Å². The molecular formula is C28H34BrFN6O3. The molecule has 0 aliphatic carbocycles. The van der Waals surface area contributed by atoms with Crippen molar-refractivity contribution in [1.29, 1.82) is 0 Å². The van der Waals surface area contributed by atoms with E-state index in [0.717, 1.165) is 24.9 Å². The zero-order chi connectivity index (χ0) is 27.7. The molecule has 39 heavy (non-hydrogen) atoms. The van der Waals surface area contributed by atoms with Gasteiger partial charge in [0.2, 0.25) is 0 Å². The molecule has 3 aromatic rings. The van der Waals surface area contributed by atoms with E-state index in [2.05, 4.69) is 42.7 Å². The maximum atomic E-state index is 15.9. The standard InChI is InChI=1S/C28H34BrFN6O3/c1-28(2,3)39-27(37)36-13-11-35(12-14-36)25-21-15-20(18-7-5-9-31-16-18)22(29)23(30)24(21)32-26(33-25)38-17-19-8-6-10-34(19)4/h5,7,9,15-16,19H,6,8,10-14,17H2,1-4H3/t19-/m0/s1. The third kappa shape index (κ3) is 6.09. The van der Waals surface area contributed by atoms with Crippen LogP contribution in [0.1, 0.15) is 33.6 Å². The minimum absolute atomic E-state index is 0.146. The zero-order valence-electron chi connectivity index (χ0n) is 22.8. The molecule has 5 rings (SSSR count). The quantitative estimate of drug-likeness (QED) is 0.399. The van der Waals surface area contributed by atoms with Crippen molar-refractivity contribution < 1.29 is 18.7 Å². The van der Waals surface area contributed by atoms with Crippen LogP contribution in [-0.2, 0) is 4.74 Å². The third-order valence-corrected chi connectivity index (χ3v) is 7.89. The molecule has 11 heteroatoms. The molecule has 1 atom stereocenters. The average Bonchev–Trinajstić information content (AvgIpc) is 3.33. The number of ether oxygens (including phenoxy) is 2.